The molecule has 2 aromatic carbocycles. The van der Waals surface area contributed by atoms with E-state index >= 15 is 0 Å². The zero-order valence-electron chi connectivity index (χ0n) is 28.8. The molecule has 20 heteroatoms. The summed E-state index contributed by atoms with van der Waals surface area (Å²) >= 11 is 3.56. The highest BCUT2D eigenvalue weighted by Crippen LogP contribution is 2.49. The second-order valence-electron chi connectivity index (χ2n) is 11.2. The quantitative estimate of drug-likeness (QED) is 0.0688. The molecule has 3 aromatic rings. The van der Waals surface area contributed by atoms with Gasteiger partial charge in [0.1, 0.15) is 25.1 Å². The molecular weight excluding hydrogens is 810 g/mol. The molecule has 282 valence electrons. The zero-order chi connectivity index (χ0) is 37.9. The van der Waals surface area contributed by atoms with Crippen molar-refractivity contribution >= 4 is 57.1 Å². The molecule has 0 spiro atoms. The highest BCUT2D eigenvalue weighted by molar-refractivity contribution is 9.10. The molecule has 0 radical (unpaired) electrons. The minimum atomic E-state index is -4.25. The molecule has 0 saturated carbocycles. The minimum Gasteiger partial charge on any atom is -0.323 e. The first-order chi connectivity index (χ1) is 23.9. The van der Waals surface area contributed by atoms with Crippen LogP contribution in [0.25, 0.3) is 10.8 Å². The van der Waals surface area contributed by atoms with Gasteiger partial charge in [-0.15, -0.1) is 0 Å². The van der Waals surface area contributed by atoms with E-state index in [2.05, 4.69) is 32.8 Å². The molecule has 0 aliphatic rings. The van der Waals surface area contributed by atoms with Crippen LogP contribution in [0.1, 0.15) is 50.2 Å². The van der Waals surface area contributed by atoms with Crippen molar-refractivity contribution < 1.29 is 55.9 Å². The van der Waals surface area contributed by atoms with Gasteiger partial charge < -0.3 is 37.7 Å². The van der Waals surface area contributed by atoms with Crippen LogP contribution in [-0.2, 0) is 49.4 Å². The highest BCUT2D eigenvalue weighted by Gasteiger charge is 2.32. The Bertz CT molecular complexity index is 1770. The van der Waals surface area contributed by atoms with E-state index in [-0.39, 0.29) is 50.9 Å². The van der Waals surface area contributed by atoms with E-state index in [1.54, 1.807) is 12.1 Å². The molecule has 51 heavy (non-hydrogen) atoms. The Balaban J connectivity index is 2.15. The molecule has 1 heterocycles. The maximum Gasteiger partial charge on any atom is 0.342 e. The Morgan fingerprint density at radius 2 is 1.02 bits per heavy atom. The average Bonchev–Trinajstić information content (AvgIpc) is 2.99. The van der Waals surface area contributed by atoms with Gasteiger partial charge in [-0.05, 0) is 62.7 Å². The number of pyridine rings is 1. The van der Waals surface area contributed by atoms with Crippen molar-refractivity contribution in [3.63, 3.8) is 0 Å². The molecule has 0 saturated heterocycles. The van der Waals surface area contributed by atoms with E-state index in [4.69, 9.17) is 18.1 Å². The maximum atomic E-state index is 12.8. The predicted octanol–water partition coefficient (Wildman–Crippen LogP) is 6.72. The SMILES string of the molecule is CCOP(=O)(O)CN(Cc1cc(C#Cc2ccc(Br)c3ccccc23)cc(CN(CP(=O)(O)OCC)CP(=O)(O)OCC)n1)CP(=O)(O)OCC. The van der Waals surface area contributed by atoms with Crippen LogP contribution in [0, 0.1) is 11.8 Å². The summed E-state index contributed by atoms with van der Waals surface area (Å²) in [5.41, 5.74) is 1.59. The lowest BCUT2D eigenvalue weighted by Crippen LogP contribution is -2.29. The van der Waals surface area contributed by atoms with Crippen LogP contribution in [0.5, 0.6) is 0 Å². The number of nitrogens with zero attached hydrogens (tertiary/aromatic N) is 3. The third-order valence-corrected chi connectivity index (χ3v) is 13.1. The van der Waals surface area contributed by atoms with Gasteiger partial charge in [0.05, 0.1) is 37.8 Å². The Labute approximate surface area is 306 Å². The van der Waals surface area contributed by atoms with Crippen LogP contribution in [0.3, 0.4) is 0 Å². The standard InChI is InChI=1S/C31H44BrN3O12P4/c1-5-44-48(36,37)21-34(22-49(38,39)45-6-2)19-27-17-25(13-14-26-15-16-31(32)30-12-10-9-11-29(26)30)18-28(33-27)20-35(23-50(40,41)46-7-3)24-51(42,43)47-8-4/h9-12,15-18H,5-8,19-24H2,1-4H3,(H,36,37)(H,38,39)(H,40,41)(H,42,43). The fourth-order valence-electron chi connectivity index (χ4n) is 5.12. The van der Waals surface area contributed by atoms with Crippen molar-refractivity contribution in [3.8, 4) is 11.8 Å². The van der Waals surface area contributed by atoms with Crippen LogP contribution in [0.2, 0.25) is 0 Å². The Morgan fingerprint density at radius 1 is 0.627 bits per heavy atom. The Morgan fingerprint density at radius 3 is 1.41 bits per heavy atom. The molecule has 0 fully saturated rings. The topological polar surface area (TPSA) is 205 Å². The number of halogens is 1. The minimum absolute atomic E-state index is 0.0785. The van der Waals surface area contributed by atoms with E-state index in [9.17, 15) is 37.8 Å². The predicted molar refractivity (Wildman–Crippen MR) is 198 cm³/mol. The molecule has 0 amide bonds. The first kappa shape index (κ1) is 43.8. The van der Waals surface area contributed by atoms with E-state index in [1.807, 2.05) is 36.4 Å². The monoisotopic (exact) mass is 853 g/mol. The molecule has 15 nitrogen and oxygen atoms in total. The fraction of sp³-hybridized carbons (Fsp3) is 0.452. The normalized spacial score (nSPS) is 16.6. The third kappa shape index (κ3) is 15.0. The summed E-state index contributed by atoms with van der Waals surface area (Å²) in [4.78, 5) is 48.8. The lowest BCUT2D eigenvalue weighted by atomic mass is 10.0. The van der Waals surface area contributed by atoms with Crippen LogP contribution in [0.4, 0.5) is 0 Å². The van der Waals surface area contributed by atoms with Crippen molar-refractivity contribution in [2.75, 3.05) is 51.6 Å². The lowest BCUT2D eigenvalue weighted by molar-refractivity contribution is 0.221. The molecular formula is C31H44BrN3O12P4. The molecule has 1 aromatic heterocycles. The first-order valence-corrected chi connectivity index (χ1v) is 23.7. The summed E-state index contributed by atoms with van der Waals surface area (Å²) < 4.78 is 72.2. The third-order valence-electron chi connectivity index (χ3n) is 6.75. The molecule has 3 rings (SSSR count). The molecule has 0 bridgehead atoms. The average molecular weight is 855 g/mol. The van der Waals surface area contributed by atoms with Crippen LogP contribution in [-0.4, -0.2) is 85.9 Å². The van der Waals surface area contributed by atoms with Crippen molar-refractivity contribution in [1.29, 1.82) is 0 Å². The molecule has 0 aliphatic heterocycles. The maximum absolute atomic E-state index is 12.8. The van der Waals surface area contributed by atoms with Gasteiger partial charge in [-0.1, -0.05) is 52.0 Å². The number of hydrogen-bond acceptors (Lipinski definition) is 11. The van der Waals surface area contributed by atoms with E-state index in [1.165, 1.54) is 37.5 Å². The van der Waals surface area contributed by atoms with E-state index < -0.39 is 55.5 Å². The summed E-state index contributed by atoms with van der Waals surface area (Å²) in [5, 5.41) is 1.84. The van der Waals surface area contributed by atoms with Crippen LogP contribution < -0.4 is 0 Å². The van der Waals surface area contributed by atoms with Gasteiger partial charge in [0, 0.05) is 28.7 Å². The summed E-state index contributed by atoms with van der Waals surface area (Å²) in [6.45, 7) is 5.35. The van der Waals surface area contributed by atoms with Gasteiger partial charge in [-0.25, -0.2) is 0 Å². The van der Waals surface area contributed by atoms with Gasteiger partial charge in [0.2, 0.25) is 0 Å². The van der Waals surface area contributed by atoms with Crippen molar-refractivity contribution in [3.05, 3.63) is 75.5 Å². The van der Waals surface area contributed by atoms with Crippen molar-refractivity contribution in [2.24, 2.45) is 0 Å². The van der Waals surface area contributed by atoms with Crippen LogP contribution in [0.15, 0.2) is 53.0 Å². The van der Waals surface area contributed by atoms with Crippen LogP contribution >= 0.6 is 46.3 Å². The number of fused-ring (bicyclic) bond motifs is 1. The first-order valence-electron chi connectivity index (χ1n) is 15.9. The highest BCUT2D eigenvalue weighted by atomic mass is 79.9. The Kier molecular flexibility index (Phi) is 16.9. The number of rotatable bonds is 20. The van der Waals surface area contributed by atoms with Gasteiger partial charge >= 0.3 is 30.4 Å². The summed E-state index contributed by atoms with van der Waals surface area (Å²) in [7, 11) is -17.0. The van der Waals surface area contributed by atoms with E-state index in [0.717, 1.165) is 15.2 Å². The van der Waals surface area contributed by atoms with Gasteiger partial charge in [0.15, 0.2) is 0 Å². The number of aromatic nitrogens is 1. The fourth-order valence-corrected chi connectivity index (χ4v) is 10.7. The van der Waals surface area contributed by atoms with E-state index in [0.29, 0.717) is 11.1 Å². The van der Waals surface area contributed by atoms with Crippen molar-refractivity contribution in [2.45, 2.75) is 40.8 Å². The van der Waals surface area contributed by atoms with Crippen molar-refractivity contribution in [1.82, 2.24) is 14.8 Å². The summed E-state index contributed by atoms with van der Waals surface area (Å²) in [6, 6.07) is 14.6. The summed E-state index contributed by atoms with van der Waals surface area (Å²) in [5.74, 6) is 6.28. The number of hydrogen-bond donors (Lipinski definition) is 4. The smallest absolute Gasteiger partial charge is 0.323 e. The lowest BCUT2D eigenvalue weighted by Gasteiger charge is -2.27. The molecule has 4 N–H and O–H groups in total. The second kappa shape index (κ2) is 19.7. The largest absolute Gasteiger partial charge is 0.342 e. The van der Waals surface area contributed by atoms with Gasteiger partial charge in [-0.3, -0.25) is 33.0 Å². The second-order valence-corrected chi connectivity index (χ2v) is 19.3. The molecule has 4 atom stereocenters. The van der Waals surface area contributed by atoms with Gasteiger partial charge in [0.25, 0.3) is 0 Å². The molecule has 4 unspecified atom stereocenters. The van der Waals surface area contributed by atoms with Gasteiger partial charge in [-0.2, -0.15) is 0 Å². The summed E-state index contributed by atoms with van der Waals surface area (Å²) in [6.07, 6.45) is -2.53. The number of benzene rings is 2. The molecule has 0 aliphatic carbocycles. The zero-order valence-corrected chi connectivity index (χ0v) is 33.9. The Hall–Kier alpha value is -1.59.